The van der Waals surface area contributed by atoms with E-state index < -0.39 is 0 Å². The Morgan fingerprint density at radius 2 is 2.00 bits per heavy atom. The van der Waals surface area contributed by atoms with Crippen LogP contribution in [0.1, 0.15) is 42.7 Å². The van der Waals surface area contributed by atoms with Gasteiger partial charge in [0.1, 0.15) is 18.8 Å². The quantitative estimate of drug-likeness (QED) is 0.859. The van der Waals surface area contributed by atoms with Gasteiger partial charge in [-0.05, 0) is 42.7 Å². The van der Waals surface area contributed by atoms with E-state index >= 15 is 0 Å². The Balaban J connectivity index is 1.84. The van der Waals surface area contributed by atoms with Gasteiger partial charge in [-0.1, -0.05) is 19.9 Å². The molecule has 3 rings (SSSR count). The summed E-state index contributed by atoms with van der Waals surface area (Å²) in [4.78, 5) is 17.0. The third kappa shape index (κ3) is 3.90. The van der Waals surface area contributed by atoms with E-state index in [1.165, 1.54) is 0 Å². The molecule has 1 atom stereocenters. The van der Waals surface area contributed by atoms with Gasteiger partial charge in [0, 0.05) is 6.20 Å². The zero-order chi connectivity index (χ0) is 18.5. The number of aromatic nitrogens is 1. The van der Waals surface area contributed by atoms with E-state index in [1.807, 2.05) is 25.1 Å². The highest BCUT2D eigenvalue weighted by molar-refractivity contribution is 5.96. The first-order valence-corrected chi connectivity index (χ1v) is 8.88. The van der Waals surface area contributed by atoms with E-state index in [0.29, 0.717) is 37.0 Å². The highest BCUT2D eigenvalue weighted by Gasteiger charge is 2.23. The zero-order valence-corrected chi connectivity index (χ0v) is 15.3. The molecule has 0 radical (unpaired) electrons. The van der Waals surface area contributed by atoms with Crippen molar-refractivity contribution in [2.45, 2.75) is 26.8 Å². The summed E-state index contributed by atoms with van der Waals surface area (Å²) in [6.45, 7) is 7.53. The molecule has 2 heterocycles. The number of amides is 1. The summed E-state index contributed by atoms with van der Waals surface area (Å²) in [5.74, 6) is 1.77. The van der Waals surface area contributed by atoms with Crippen LogP contribution in [-0.4, -0.2) is 30.7 Å². The van der Waals surface area contributed by atoms with Gasteiger partial charge in [0.2, 0.25) is 5.88 Å². The fourth-order valence-corrected chi connectivity index (χ4v) is 2.92. The molecule has 0 saturated carbocycles. The Kier molecular flexibility index (Phi) is 5.61. The molecule has 1 aromatic heterocycles. The first-order valence-electron chi connectivity index (χ1n) is 8.88. The van der Waals surface area contributed by atoms with Gasteiger partial charge in [0.25, 0.3) is 5.91 Å². The topological polar surface area (TPSA) is 69.7 Å². The lowest BCUT2D eigenvalue weighted by Crippen LogP contribution is -2.32. The Morgan fingerprint density at radius 1 is 1.23 bits per heavy atom. The first kappa shape index (κ1) is 18.0. The second-order valence-corrected chi connectivity index (χ2v) is 6.39. The maximum Gasteiger partial charge on any atom is 0.257 e. The van der Waals surface area contributed by atoms with Crippen LogP contribution in [0.5, 0.6) is 17.4 Å². The Labute approximate surface area is 153 Å². The Morgan fingerprint density at radius 3 is 2.73 bits per heavy atom. The number of carbonyl (C=O) groups is 1. The van der Waals surface area contributed by atoms with Gasteiger partial charge in [-0.25, -0.2) is 4.98 Å². The van der Waals surface area contributed by atoms with E-state index in [9.17, 15) is 4.79 Å². The van der Waals surface area contributed by atoms with Crippen molar-refractivity contribution in [3.63, 3.8) is 0 Å². The number of pyridine rings is 1. The van der Waals surface area contributed by atoms with Gasteiger partial charge >= 0.3 is 0 Å². The van der Waals surface area contributed by atoms with Crippen molar-refractivity contribution in [1.29, 1.82) is 0 Å². The average molecular weight is 356 g/mol. The maximum absolute atomic E-state index is 12.8. The number of nitrogens with one attached hydrogen (secondary N) is 1. The third-order valence-electron chi connectivity index (χ3n) is 4.18. The highest BCUT2D eigenvalue weighted by atomic mass is 16.6. The van der Waals surface area contributed by atoms with E-state index in [4.69, 9.17) is 14.2 Å². The van der Waals surface area contributed by atoms with Crippen molar-refractivity contribution in [1.82, 2.24) is 10.3 Å². The lowest BCUT2D eigenvalue weighted by atomic mass is 9.95. The van der Waals surface area contributed by atoms with Crippen molar-refractivity contribution in [3.8, 4) is 17.4 Å². The number of benzene rings is 1. The second-order valence-electron chi connectivity index (χ2n) is 6.39. The largest absolute Gasteiger partial charge is 0.486 e. The van der Waals surface area contributed by atoms with Gasteiger partial charge in [-0.3, -0.25) is 4.79 Å². The monoisotopic (exact) mass is 356 g/mol. The second kappa shape index (κ2) is 8.08. The molecular formula is C20H24N2O4. The summed E-state index contributed by atoms with van der Waals surface area (Å²) >= 11 is 0. The molecule has 0 aliphatic carbocycles. The number of nitrogens with zero attached hydrogens (tertiary/aromatic N) is 1. The third-order valence-corrected chi connectivity index (χ3v) is 4.18. The van der Waals surface area contributed by atoms with Gasteiger partial charge in [0.05, 0.1) is 12.6 Å². The minimum atomic E-state index is -0.213. The Bertz CT molecular complexity index is 776. The van der Waals surface area contributed by atoms with E-state index in [0.717, 1.165) is 11.3 Å². The molecule has 1 aromatic carbocycles. The predicted octanol–water partition coefficient (Wildman–Crippen LogP) is 3.38. The molecule has 138 valence electrons. The molecule has 0 unspecified atom stereocenters. The summed E-state index contributed by atoms with van der Waals surface area (Å²) in [7, 11) is 0. The predicted molar refractivity (Wildman–Crippen MR) is 97.9 cm³/mol. The zero-order valence-electron chi connectivity index (χ0n) is 15.3. The SMILES string of the molecule is CCOc1ncccc1C(=O)N[C@H](c1ccc2c(c1)OCCO2)C(C)C. The van der Waals surface area contributed by atoms with Crippen LogP contribution in [0.4, 0.5) is 0 Å². The molecule has 26 heavy (non-hydrogen) atoms. The normalized spacial score (nSPS) is 14.0. The van der Waals surface area contributed by atoms with Gasteiger partial charge in [-0.2, -0.15) is 0 Å². The van der Waals surface area contributed by atoms with Crippen LogP contribution in [0.3, 0.4) is 0 Å². The minimum Gasteiger partial charge on any atom is -0.486 e. The summed E-state index contributed by atoms with van der Waals surface area (Å²) in [5, 5.41) is 3.10. The standard InChI is InChI=1S/C20H24N2O4/c1-4-24-20-15(6-5-9-21-20)19(23)22-18(13(2)3)14-7-8-16-17(12-14)26-11-10-25-16/h5-9,12-13,18H,4,10-11H2,1-3H3,(H,22,23)/t18-/m0/s1. The molecule has 1 aliphatic rings. The fraction of sp³-hybridized carbons (Fsp3) is 0.400. The van der Waals surface area contributed by atoms with Crippen molar-refractivity contribution < 1.29 is 19.0 Å². The van der Waals surface area contributed by atoms with Crippen LogP contribution in [0, 0.1) is 5.92 Å². The van der Waals surface area contributed by atoms with Crippen LogP contribution < -0.4 is 19.5 Å². The molecule has 1 amide bonds. The highest BCUT2D eigenvalue weighted by Crippen LogP contribution is 2.34. The molecule has 2 aromatic rings. The first-order chi connectivity index (χ1) is 12.6. The van der Waals surface area contributed by atoms with Crippen molar-refractivity contribution >= 4 is 5.91 Å². The van der Waals surface area contributed by atoms with Gasteiger partial charge in [0.15, 0.2) is 11.5 Å². The smallest absolute Gasteiger partial charge is 0.257 e. The number of rotatable bonds is 6. The molecule has 6 nitrogen and oxygen atoms in total. The Hall–Kier alpha value is -2.76. The van der Waals surface area contributed by atoms with Crippen molar-refractivity contribution in [3.05, 3.63) is 47.7 Å². The van der Waals surface area contributed by atoms with Crippen LogP contribution in [0.25, 0.3) is 0 Å². The number of hydrogen-bond donors (Lipinski definition) is 1. The average Bonchev–Trinajstić information content (AvgIpc) is 2.66. The molecule has 0 fully saturated rings. The van der Waals surface area contributed by atoms with Crippen LogP contribution in [0.2, 0.25) is 0 Å². The van der Waals surface area contributed by atoms with E-state index in [2.05, 4.69) is 24.1 Å². The van der Waals surface area contributed by atoms with Crippen LogP contribution in [-0.2, 0) is 0 Å². The van der Waals surface area contributed by atoms with Crippen LogP contribution >= 0.6 is 0 Å². The summed E-state index contributed by atoms with van der Waals surface area (Å²) in [6.07, 6.45) is 1.61. The summed E-state index contributed by atoms with van der Waals surface area (Å²) in [6, 6.07) is 9.06. The maximum atomic E-state index is 12.8. The van der Waals surface area contributed by atoms with E-state index in [1.54, 1.807) is 18.3 Å². The molecular weight excluding hydrogens is 332 g/mol. The number of carbonyl (C=O) groups excluding carboxylic acids is 1. The lowest BCUT2D eigenvalue weighted by Gasteiger charge is -2.25. The van der Waals surface area contributed by atoms with Crippen molar-refractivity contribution in [2.24, 2.45) is 5.92 Å². The number of fused-ring (bicyclic) bond motifs is 1. The fourth-order valence-electron chi connectivity index (χ4n) is 2.92. The molecule has 0 spiro atoms. The molecule has 1 N–H and O–H groups in total. The lowest BCUT2D eigenvalue weighted by molar-refractivity contribution is 0.0920. The van der Waals surface area contributed by atoms with Gasteiger partial charge in [-0.15, -0.1) is 0 Å². The molecule has 6 heteroatoms. The number of ether oxygens (including phenoxy) is 3. The van der Waals surface area contributed by atoms with E-state index in [-0.39, 0.29) is 17.9 Å². The molecule has 0 saturated heterocycles. The molecule has 0 bridgehead atoms. The minimum absolute atomic E-state index is 0.173. The molecule has 1 aliphatic heterocycles. The summed E-state index contributed by atoms with van der Waals surface area (Å²) in [5.41, 5.74) is 1.40. The number of hydrogen-bond acceptors (Lipinski definition) is 5. The van der Waals surface area contributed by atoms with Crippen LogP contribution in [0.15, 0.2) is 36.5 Å². The summed E-state index contributed by atoms with van der Waals surface area (Å²) < 4.78 is 16.7. The van der Waals surface area contributed by atoms with Crippen molar-refractivity contribution in [2.75, 3.05) is 19.8 Å². The van der Waals surface area contributed by atoms with Gasteiger partial charge < -0.3 is 19.5 Å².